The summed E-state index contributed by atoms with van der Waals surface area (Å²) < 4.78 is 0. The topological polar surface area (TPSA) is 12.0 Å². The van der Waals surface area contributed by atoms with Gasteiger partial charge in [0, 0.05) is 0 Å². The van der Waals surface area contributed by atoms with Crippen LogP contribution in [0.4, 0.5) is 0 Å². The van der Waals surface area contributed by atoms with Gasteiger partial charge in [-0.05, 0) is 43.7 Å². The van der Waals surface area contributed by atoms with Crippen molar-refractivity contribution in [3.05, 3.63) is 0 Å². The summed E-state index contributed by atoms with van der Waals surface area (Å²) >= 11 is 0. The first kappa shape index (κ1) is 11.0. The molecule has 0 heterocycles. The SMILES string of the molecule is CNCCC1CCCC1C(C)(C)C. The van der Waals surface area contributed by atoms with Crippen LogP contribution in [0.5, 0.6) is 0 Å². The van der Waals surface area contributed by atoms with Crippen molar-refractivity contribution in [1.29, 1.82) is 0 Å². The lowest BCUT2D eigenvalue weighted by Gasteiger charge is -2.32. The van der Waals surface area contributed by atoms with Gasteiger partial charge in [-0.3, -0.25) is 0 Å². The van der Waals surface area contributed by atoms with Gasteiger partial charge < -0.3 is 5.32 Å². The van der Waals surface area contributed by atoms with Crippen molar-refractivity contribution < 1.29 is 0 Å². The molecule has 1 nitrogen and oxygen atoms in total. The first-order valence-electron chi connectivity index (χ1n) is 5.70. The third-order valence-corrected chi connectivity index (χ3v) is 3.54. The highest BCUT2D eigenvalue weighted by Gasteiger charge is 2.35. The van der Waals surface area contributed by atoms with E-state index in [4.69, 9.17) is 0 Å². The van der Waals surface area contributed by atoms with Crippen molar-refractivity contribution in [3.63, 3.8) is 0 Å². The van der Waals surface area contributed by atoms with Gasteiger partial charge in [0.25, 0.3) is 0 Å². The maximum atomic E-state index is 3.27. The van der Waals surface area contributed by atoms with Gasteiger partial charge in [-0.2, -0.15) is 0 Å². The molecule has 1 fully saturated rings. The minimum Gasteiger partial charge on any atom is -0.320 e. The maximum absolute atomic E-state index is 3.27. The molecule has 0 aromatic carbocycles. The summed E-state index contributed by atoms with van der Waals surface area (Å²) in [6, 6.07) is 0. The Kier molecular flexibility index (Phi) is 3.78. The Balaban J connectivity index is 2.44. The fourth-order valence-electron chi connectivity index (χ4n) is 2.85. The monoisotopic (exact) mass is 183 g/mol. The molecule has 1 aliphatic rings. The van der Waals surface area contributed by atoms with E-state index in [1.54, 1.807) is 0 Å². The van der Waals surface area contributed by atoms with Crippen molar-refractivity contribution in [3.8, 4) is 0 Å². The average molecular weight is 183 g/mol. The van der Waals surface area contributed by atoms with Crippen LogP contribution in [0.15, 0.2) is 0 Å². The molecule has 2 atom stereocenters. The molecule has 78 valence electrons. The van der Waals surface area contributed by atoms with Crippen LogP contribution in [0, 0.1) is 17.3 Å². The van der Waals surface area contributed by atoms with Gasteiger partial charge in [0.05, 0.1) is 0 Å². The molecule has 0 aliphatic heterocycles. The summed E-state index contributed by atoms with van der Waals surface area (Å²) in [5.41, 5.74) is 0.523. The number of rotatable bonds is 3. The molecule has 0 aromatic heterocycles. The Hall–Kier alpha value is -0.0400. The van der Waals surface area contributed by atoms with Crippen molar-refractivity contribution in [2.45, 2.75) is 46.5 Å². The second-order valence-corrected chi connectivity index (χ2v) is 5.56. The van der Waals surface area contributed by atoms with E-state index >= 15 is 0 Å². The predicted molar refractivity (Wildman–Crippen MR) is 58.8 cm³/mol. The van der Waals surface area contributed by atoms with Crippen LogP contribution in [-0.4, -0.2) is 13.6 Å². The molecular weight excluding hydrogens is 158 g/mol. The molecule has 2 unspecified atom stereocenters. The predicted octanol–water partition coefficient (Wildman–Crippen LogP) is 3.06. The maximum Gasteiger partial charge on any atom is -0.00492 e. The molecule has 13 heavy (non-hydrogen) atoms. The van der Waals surface area contributed by atoms with Gasteiger partial charge in [0.1, 0.15) is 0 Å². The summed E-state index contributed by atoms with van der Waals surface area (Å²) in [4.78, 5) is 0. The second kappa shape index (κ2) is 4.45. The molecule has 1 saturated carbocycles. The van der Waals surface area contributed by atoms with Crippen LogP contribution >= 0.6 is 0 Å². The Morgan fingerprint density at radius 1 is 1.23 bits per heavy atom. The smallest absolute Gasteiger partial charge is 0.00492 e. The first-order valence-corrected chi connectivity index (χ1v) is 5.70. The van der Waals surface area contributed by atoms with Gasteiger partial charge >= 0.3 is 0 Å². The average Bonchev–Trinajstić information content (AvgIpc) is 2.47. The molecule has 0 aromatic rings. The van der Waals surface area contributed by atoms with Crippen LogP contribution in [-0.2, 0) is 0 Å². The largest absolute Gasteiger partial charge is 0.320 e. The number of hydrogen-bond acceptors (Lipinski definition) is 1. The van der Waals surface area contributed by atoms with Gasteiger partial charge in [-0.25, -0.2) is 0 Å². The standard InChI is InChI=1S/C12H25N/c1-12(2,3)11-7-5-6-10(11)8-9-13-4/h10-11,13H,5-9H2,1-4H3. The van der Waals surface area contributed by atoms with Crippen LogP contribution in [0.25, 0.3) is 0 Å². The molecule has 1 rings (SSSR count). The molecule has 0 saturated heterocycles. The van der Waals surface area contributed by atoms with Crippen molar-refractivity contribution >= 4 is 0 Å². The first-order chi connectivity index (χ1) is 6.05. The Morgan fingerprint density at radius 2 is 1.92 bits per heavy atom. The zero-order valence-corrected chi connectivity index (χ0v) is 9.69. The van der Waals surface area contributed by atoms with Gasteiger partial charge in [-0.1, -0.05) is 33.6 Å². The quantitative estimate of drug-likeness (QED) is 0.709. The van der Waals surface area contributed by atoms with Crippen LogP contribution < -0.4 is 5.32 Å². The van der Waals surface area contributed by atoms with E-state index < -0.39 is 0 Å². The summed E-state index contributed by atoms with van der Waals surface area (Å²) in [5.74, 6) is 1.94. The van der Waals surface area contributed by atoms with Crippen LogP contribution in [0.2, 0.25) is 0 Å². The lowest BCUT2D eigenvalue weighted by Crippen LogP contribution is -2.26. The summed E-state index contributed by atoms with van der Waals surface area (Å²) in [6.45, 7) is 8.39. The Labute approximate surface area is 83.3 Å². The Bertz CT molecular complexity index is 146. The lowest BCUT2D eigenvalue weighted by atomic mass is 9.74. The van der Waals surface area contributed by atoms with E-state index in [2.05, 4.69) is 33.1 Å². The van der Waals surface area contributed by atoms with E-state index in [1.165, 1.54) is 32.2 Å². The number of nitrogens with one attached hydrogen (secondary N) is 1. The number of hydrogen-bond donors (Lipinski definition) is 1. The molecule has 0 spiro atoms. The van der Waals surface area contributed by atoms with E-state index in [0.29, 0.717) is 5.41 Å². The third-order valence-electron chi connectivity index (χ3n) is 3.54. The fourth-order valence-corrected chi connectivity index (χ4v) is 2.85. The lowest BCUT2D eigenvalue weighted by molar-refractivity contribution is 0.178. The van der Waals surface area contributed by atoms with Crippen molar-refractivity contribution in [1.82, 2.24) is 5.32 Å². The van der Waals surface area contributed by atoms with Crippen molar-refractivity contribution in [2.75, 3.05) is 13.6 Å². The third kappa shape index (κ3) is 2.98. The van der Waals surface area contributed by atoms with Crippen LogP contribution in [0.3, 0.4) is 0 Å². The van der Waals surface area contributed by atoms with E-state index in [0.717, 1.165) is 11.8 Å². The highest BCUT2D eigenvalue weighted by Crippen LogP contribution is 2.44. The zero-order chi connectivity index (χ0) is 9.90. The molecule has 1 N–H and O–H groups in total. The highest BCUT2D eigenvalue weighted by atomic mass is 14.8. The minimum atomic E-state index is 0.523. The molecule has 1 aliphatic carbocycles. The summed E-state index contributed by atoms with van der Waals surface area (Å²) in [6.07, 6.45) is 5.75. The van der Waals surface area contributed by atoms with Crippen molar-refractivity contribution in [2.24, 2.45) is 17.3 Å². The van der Waals surface area contributed by atoms with E-state index in [-0.39, 0.29) is 0 Å². The van der Waals surface area contributed by atoms with Gasteiger partial charge in [0.2, 0.25) is 0 Å². The second-order valence-electron chi connectivity index (χ2n) is 5.56. The molecule has 1 heteroatoms. The molecule has 0 radical (unpaired) electrons. The molecule has 0 bridgehead atoms. The fraction of sp³-hybridized carbons (Fsp3) is 1.00. The summed E-state index contributed by atoms with van der Waals surface area (Å²) in [7, 11) is 2.06. The van der Waals surface area contributed by atoms with Gasteiger partial charge in [0.15, 0.2) is 0 Å². The van der Waals surface area contributed by atoms with E-state index in [1.807, 2.05) is 0 Å². The van der Waals surface area contributed by atoms with E-state index in [9.17, 15) is 0 Å². The minimum absolute atomic E-state index is 0.523. The Morgan fingerprint density at radius 3 is 2.46 bits per heavy atom. The zero-order valence-electron chi connectivity index (χ0n) is 9.69. The molecule has 0 amide bonds. The van der Waals surface area contributed by atoms with Gasteiger partial charge in [-0.15, -0.1) is 0 Å². The molecular formula is C12H25N. The normalized spacial score (nSPS) is 29.5. The van der Waals surface area contributed by atoms with Crippen LogP contribution in [0.1, 0.15) is 46.5 Å². The highest BCUT2D eigenvalue weighted by molar-refractivity contribution is 4.85. The summed E-state index contributed by atoms with van der Waals surface area (Å²) in [5, 5.41) is 3.27.